The monoisotopic (exact) mass is 1030 g/mol. The molecule has 18 nitrogen and oxygen atoms in total. The Morgan fingerprint density at radius 1 is 0.941 bits per heavy atom. The molecule has 6 aromatic rings. The molecule has 2 aliphatic heterocycles. The number of aromatic nitrogens is 5. The molecule has 3 aromatic heterocycles. The van der Waals surface area contributed by atoms with Gasteiger partial charge in [0.15, 0.2) is 5.58 Å². The van der Waals surface area contributed by atoms with Crippen molar-refractivity contribution in [2.45, 2.75) is 77.9 Å². The minimum absolute atomic E-state index is 0.140. The number of nitrogens with one attached hydrogen (secondary N) is 5. The van der Waals surface area contributed by atoms with Gasteiger partial charge in [-0.25, -0.2) is 14.5 Å². The molecular weight excluding hydrogens is 977 g/mol. The topological polar surface area (TPSA) is 220 Å². The maximum atomic E-state index is 13.7. The van der Waals surface area contributed by atoms with Crippen LogP contribution in [0.1, 0.15) is 63.6 Å². The van der Waals surface area contributed by atoms with Crippen LogP contribution in [-0.2, 0) is 33.5 Å². The zero-order valence-corrected chi connectivity index (χ0v) is 41.9. The van der Waals surface area contributed by atoms with E-state index >= 15 is 0 Å². The molecule has 2 saturated heterocycles. The van der Waals surface area contributed by atoms with E-state index in [-0.39, 0.29) is 24.3 Å². The predicted molar refractivity (Wildman–Crippen MR) is 271 cm³/mol. The molecule has 0 saturated carbocycles. The lowest BCUT2D eigenvalue weighted by molar-refractivity contribution is -0.135. The van der Waals surface area contributed by atoms with Gasteiger partial charge in [0.05, 0.1) is 39.6 Å². The fourth-order valence-corrected chi connectivity index (χ4v) is 11.1. The molecule has 5 N–H and O–H groups in total. The summed E-state index contributed by atoms with van der Waals surface area (Å²) in [5.41, 5.74) is 4.94. The van der Waals surface area contributed by atoms with Crippen LogP contribution >= 0.6 is 34.7 Å². The smallest absolute Gasteiger partial charge is 0.420 e. The number of carbonyl (C=O) groups excluding carboxylic acids is 2. The highest BCUT2D eigenvalue weighted by Crippen LogP contribution is 2.42. The highest BCUT2D eigenvalue weighted by Gasteiger charge is 2.32. The van der Waals surface area contributed by atoms with Gasteiger partial charge in [-0.1, -0.05) is 18.5 Å². The Morgan fingerprint density at radius 3 is 2.46 bits per heavy atom. The summed E-state index contributed by atoms with van der Waals surface area (Å²) in [6.45, 7) is 14.1. The van der Waals surface area contributed by atoms with Crippen molar-refractivity contribution < 1.29 is 23.3 Å². The highest BCUT2D eigenvalue weighted by atomic mass is 79.9. The van der Waals surface area contributed by atoms with Gasteiger partial charge in [-0.2, -0.15) is 10.1 Å². The third-order valence-electron chi connectivity index (χ3n) is 12.4. The summed E-state index contributed by atoms with van der Waals surface area (Å²) in [5.74, 6) is -0.0842. The Balaban J connectivity index is 0.876. The molecule has 0 bridgehead atoms. The molecular formula is C47H56BrClN11O7P. The van der Waals surface area contributed by atoms with Crippen molar-refractivity contribution in [1.82, 2.24) is 40.3 Å². The second kappa shape index (κ2) is 21.0. The molecule has 360 valence electrons. The Labute approximate surface area is 406 Å². The number of fused-ring (bicyclic) bond motifs is 2. The molecule has 21 heteroatoms. The number of nitrogens with zero attached hydrogens (tertiary/aromatic N) is 6. The molecule has 8 rings (SSSR count). The van der Waals surface area contributed by atoms with Crippen molar-refractivity contribution in [3.05, 3.63) is 90.3 Å². The predicted octanol–water partition coefficient (Wildman–Crippen LogP) is 6.59. The van der Waals surface area contributed by atoms with Crippen LogP contribution in [0.4, 0.5) is 28.8 Å². The number of amides is 2. The van der Waals surface area contributed by atoms with Crippen molar-refractivity contribution in [2.24, 2.45) is 0 Å². The normalized spacial score (nSPS) is 15.9. The molecule has 0 aliphatic carbocycles. The number of hydrogen-bond donors (Lipinski definition) is 5. The largest absolute Gasteiger partial charge is 0.492 e. The number of benzene rings is 3. The van der Waals surface area contributed by atoms with Gasteiger partial charge < -0.3 is 39.9 Å². The fourth-order valence-electron chi connectivity index (χ4n) is 9.09. The minimum atomic E-state index is -2.92. The number of rotatable bonds is 18. The third-order valence-corrected chi connectivity index (χ3v) is 14.7. The van der Waals surface area contributed by atoms with E-state index in [9.17, 15) is 23.7 Å². The van der Waals surface area contributed by atoms with Crippen LogP contribution in [0.5, 0.6) is 5.75 Å². The summed E-state index contributed by atoms with van der Waals surface area (Å²) in [4.78, 5) is 62.1. The number of piperidine rings is 2. The van der Waals surface area contributed by atoms with Crippen LogP contribution in [0.25, 0.3) is 21.9 Å². The Hall–Kier alpha value is -5.59. The maximum Gasteiger partial charge on any atom is 0.420 e. The summed E-state index contributed by atoms with van der Waals surface area (Å²) in [6.07, 6.45) is 6.90. The van der Waals surface area contributed by atoms with Crippen LogP contribution in [0.2, 0.25) is 5.02 Å². The first-order valence-electron chi connectivity index (χ1n) is 23.0. The Kier molecular flexibility index (Phi) is 15.1. The quantitative estimate of drug-likeness (QED) is 0.0348. The van der Waals surface area contributed by atoms with Crippen LogP contribution in [0.15, 0.2) is 67.3 Å². The number of imide groups is 1. The van der Waals surface area contributed by atoms with Gasteiger partial charge in [-0.3, -0.25) is 24.3 Å². The van der Waals surface area contributed by atoms with Crippen LogP contribution < -0.4 is 52.8 Å². The summed E-state index contributed by atoms with van der Waals surface area (Å²) in [5, 5.41) is 22.5. The average molecular weight is 1030 g/mol. The summed E-state index contributed by atoms with van der Waals surface area (Å²) >= 11 is 10.0. The Morgan fingerprint density at radius 2 is 1.74 bits per heavy atom. The number of aryl methyl sites for hydroxylation is 2. The zero-order valence-electron chi connectivity index (χ0n) is 38.7. The zero-order chi connectivity index (χ0) is 48.3. The SMILES string of the molecule is CCOc1cc(N2CCC(NCCNCCc3cc(Cl)cc4c3oc(=O)n4C3CCC(=O)NC3=O)CC2)c(CC)cc1Nc1ncc(Br)c(Nc2ccc3c(=O)n(CC)ncc3c2P(C)(C)=O)n1. The number of ether oxygens (including phenoxy) is 1. The number of halogens is 2. The van der Waals surface area contributed by atoms with Gasteiger partial charge >= 0.3 is 5.76 Å². The first-order valence-corrected chi connectivity index (χ1v) is 26.7. The van der Waals surface area contributed by atoms with E-state index in [0.717, 1.165) is 67.9 Å². The van der Waals surface area contributed by atoms with Gasteiger partial charge in [0.25, 0.3) is 5.56 Å². The molecule has 1 unspecified atom stereocenters. The Bertz CT molecular complexity index is 3050. The van der Waals surface area contributed by atoms with Crippen molar-refractivity contribution in [3.63, 3.8) is 0 Å². The lowest BCUT2D eigenvalue weighted by Gasteiger charge is -2.35. The molecule has 2 amide bonds. The fraction of sp³-hybridized carbons (Fsp3) is 0.426. The lowest BCUT2D eigenvalue weighted by Crippen LogP contribution is -2.44. The molecule has 0 spiro atoms. The van der Waals surface area contributed by atoms with E-state index in [0.29, 0.717) is 92.0 Å². The number of anilines is 5. The van der Waals surface area contributed by atoms with Gasteiger partial charge in [0.1, 0.15) is 24.8 Å². The molecule has 1 atom stereocenters. The second-order valence-corrected chi connectivity index (χ2v) is 21.7. The average Bonchev–Trinajstić information content (AvgIpc) is 3.63. The van der Waals surface area contributed by atoms with E-state index in [1.807, 2.05) is 13.8 Å². The van der Waals surface area contributed by atoms with Crippen molar-refractivity contribution >= 4 is 102 Å². The lowest BCUT2D eigenvalue weighted by atomic mass is 10.0. The first-order chi connectivity index (χ1) is 32.7. The molecule has 68 heavy (non-hydrogen) atoms. The van der Waals surface area contributed by atoms with Gasteiger partial charge in [-0.05, 0) is 123 Å². The van der Waals surface area contributed by atoms with E-state index in [1.54, 1.807) is 50.0 Å². The van der Waals surface area contributed by atoms with Crippen molar-refractivity contribution in [1.29, 1.82) is 0 Å². The van der Waals surface area contributed by atoms with Crippen LogP contribution in [-0.4, -0.2) is 94.8 Å². The van der Waals surface area contributed by atoms with Crippen molar-refractivity contribution in [3.8, 4) is 5.75 Å². The minimum Gasteiger partial charge on any atom is -0.492 e. The summed E-state index contributed by atoms with van der Waals surface area (Å²) < 4.78 is 28.8. The number of carbonyl (C=O) groups is 2. The van der Waals surface area contributed by atoms with Gasteiger partial charge in [0.2, 0.25) is 17.8 Å². The molecule has 2 fully saturated rings. The maximum absolute atomic E-state index is 13.7. The van der Waals surface area contributed by atoms with Crippen LogP contribution in [0, 0.1) is 0 Å². The first kappa shape index (κ1) is 48.9. The van der Waals surface area contributed by atoms with Crippen molar-refractivity contribution in [2.75, 3.05) is 68.2 Å². The summed E-state index contributed by atoms with van der Waals surface area (Å²) in [7, 11) is -2.92. The number of hydrogen-bond acceptors (Lipinski definition) is 15. The van der Waals surface area contributed by atoms with Gasteiger partial charge in [-0.15, -0.1) is 0 Å². The van der Waals surface area contributed by atoms with E-state index in [2.05, 4.69) is 76.6 Å². The summed E-state index contributed by atoms with van der Waals surface area (Å²) in [6, 6.07) is 10.6. The number of oxazole rings is 1. The van der Waals surface area contributed by atoms with E-state index in [1.165, 1.54) is 9.25 Å². The molecule has 3 aromatic carbocycles. The van der Waals surface area contributed by atoms with Gasteiger partial charge in [0, 0.05) is 78.9 Å². The molecule has 2 aliphatic rings. The van der Waals surface area contributed by atoms with E-state index in [4.69, 9.17) is 25.7 Å². The second-order valence-electron chi connectivity index (χ2n) is 17.3. The van der Waals surface area contributed by atoms with E-state index < -0.39 is 24.8 Å². The molecule has 0 radical (unpaired) electrons. The highest BCUT2D eigenvalue weighted by molar-refractivity contribution is 9.10. The third kappa shape index (κ3) is 10.5. The molecule has 5 heterocycles. The van der Waals surface area contributed by atoms with Crippen LogP contribution in [0.3, 0.4) is 0 Å². The standard InChI is InChI=1S/C47H56BrClN11O7P/c1-6-27-22-35(55-46-52-26-33(48)43(57-46)54-34-10-9-31-32(42(34)68(4,5)65)25-53-59(7-2)45(31)63)39(66-8-3)24-37(27)58-19-14-30(15-20-58)51-18-17-50-16-13-28-21-29(49)23-38-41(28)67-47(64)60(38)36-11-12-40(61)56-44(36)62/h9-10,21-26,30,36,50-51H,6-8,11-20H2,1-5H3,(H,56,61,62)(H2,52,54,55,57).